The van der Waals surface area contributed by atoms with Crippen molar-refractivity contribution in [2.75, 3.05) is 31.6 Å². The first-order valence-electron chi connectivity index (χ1n) is 10.7. The Morgan fingerprint density at radius 2 is 1.91 bits per heavy atom. The second kappa shape index (κ2) is 11.9. The number of anilines is 1. The minimum atomic E-state index is -0.330. The third-order valence-corrected chi connectivity index (χ3v) is 5.62. The lowest BCUT2D eigenvalue weighted by Gasteiger charge is -2.15. The van der Waals surface area contributed by atoms with Crippen LogP contribution in [0.15, 0.2) is 47.3 Å². The number of aromatic amines is 1. The fourth-order valence-corrected chi connectivity index (χ4v) is 4.21. The Morgan fingerprint density at radius 3 is 2.69 bits per heavy atom. The molecule has 0 bridgehead atoms. The number of aromatic nitrogens is 1. The van der Waals surface area contributed by atoms with Crippen LogP contribution in [0, 0.1) is 3.57 Å². The number of hydrogen-bond donors (Lipinski definition) is 3. The average molecular weight is 549 g/mol. The first-order chi connectivity index (χ1) is 15.5. The van der Waals surface area contributed by atoms with Crippen molar-refractivity contribution in [3.8, 4) is 5.75 Å². The zero-order valence-electron chi connectivity index (χ0n) is 18.3. The Bertz CT molecular complexity index is 1130. The van der Waals surface area contributed by atoms with Gasteiger partial charge in [-0.3, -0.25) is 4.79 Å². The Kier molecular flexibility index (Phi) is 8.92. The molecule has 0 radical (unpaired) electrons. The van der Waals surface area contributed by atoms with Crippen LogP contribution in [0.25, 0.3) is 10.9 Å². The molecule has 0 saturated heterocycles. The average Bonchev–Trinajstić information content (AvgIpc) is 2.78. The molecule has 3 N–H and O–H groups in total. The maximum Gasteiger partial charge on any atom is 0.338 e. The highest BCUT2D eigenvalue weighted by Gasteiger charge is 2.15. The molecule has 0 aliphatic rings. The molecule has 1 aromatic heterocycles. The van der Waals surface area contributed by atoms with Gasteiger partial charge in [0.25, 0.3) is 0 Å². The lowest BCUT2D eigenvalue weighted by molar-refractivity contribution is 0.0526. The molecule has 0 atom stereocenters. The molecule has 3 aromatic rings. The van der Waals surface area contributed by atoms with Gasteiger partial charge in [-0.05, 0) is 73.7 Å². The monoisotopic (exact) mass is 549 g/mol. The summed E-state index contributed by atoms with van der Waals surface area (Å²) in [7, 11) is 0. The van der Waals surface area contributed by atoms with E-state index in [2.05, 4.69) is 38.2 Å². The predicted octanol–water partition coefficient (Wildman–Crippen LogP) is 4.30. The quantitative estimate of drug-likeness (QED) is 0.188. The molecule has 0 amide bonds. The molecule has 0 fully saturated rings. The van der Waals surface area contributed by atoms with Gasteiger partial charge in [0.2, 0.25) is 0 Å². The number of halogens is 1. The molecule has 170 valence electrons. The van der Waals surface area contributed by atoms with E-state index in [-0.39, 0.29) is 11.4 Å². The maximum absolute atomic E-state index is 12.2. The summed E-state index contributed by atoms with van der Waals surface area (Å²) in [5, 5.41) is 7.36. The highest BCUT2D eigenvalue weighted by molar-refractivity contribution is 14.1. The van der Waals surface area contributed by atoms with E-state index in [0.29, 0.717) is 43.1 Å². The zero-order chi connectivity index (χ0) is 22.9. The number of para-hydroxylation sites is 1. The summed E-state index contributed by atoms with van der Waals surface area (Å²) in [6.07, 6.45) is 0.855. The van der Waals surface area contributed by atoms with Crippen molar-refractivity contribution in [1.82, 2.24) is 10.3 Å². The van der Waals surface area contributed by atoms with Gasteiger partial charge in [-0.2, -0.15) is 0 Å². The van der Waals surface area contributed by atoms with Crippen LogP contribution >= 0.6 is 22.6 Å². The van der Waals surface area contributed by atoms with Crippen LogP contribution in [0.1, 0.15) is 36.2 Å². The van der Waals surface area contributed by atoms with E-state index < -0.39 is 0 Å². The number of ether oxygens (including phenoxy) is 2. The van der Waals surface area contributed by atoms with E-state index in [1.165, 1.54) is 0 Å². The van der Waals surface area contributed by atoms with Gasteiger partial charge in [0.15, 0.2) is 5.43 Å². The first-order valence-corrected chi connectivity index (χ1v) is 11.8. The van der Waals surface area contributed by atoms with Crippen LogP contribution in [0.2, 0.25) is 0 Å². The highest BCUT2D eigenvalue weighted by atomic mass is 127. The number of fused-ring (bicyclic) bond motifs is 1. The SMILES string of the molecule is CCOC(=O)c1cc(I)c(OCC)c(CNCCCNc2cc(=O)c3ccccc3[nH]2)c1. The van der Waals surface area contributed by atoms with Crippen LogP contribution in [0.5, 0.6) is 5.75 Å². The normalized spacial score (nSPS) is 10.8. The van der Waals surface area contributed by atoms with E-state index in [1.54, 1.807) is 19.1 Å². The second-order valence-corrected chi connectivity index (χ2v) is 8.31. The van der Waals surface area contributed by atoms with Gasteiger partial charge in [0.1, 0.15) is 11.6 Å². The fourth-order valence-electron chi connectivity index (χ4n) is 3.37. The molecule has 7 nitrogen and oxygen atoms in total. The molecule has 32 heavy (non-hydrogen) atoms. The number of pyridine rings is 1. The van der Waals surface area contributed by atoms with Gasteiger partial charge in [-0.25, -0.2) is 4.79 Å². The topological polar surface area (TPSA) is 92.4 Å². The minimum absolute atomic E-state index is 0.000451. The van der Waals surface area contributed by atoms with Crippen LogP contribution in [0.3, 0.4) is 0 Å². The van der Waals surface area contributed by atoms with Crippen molar-refractivity contribution in [2.24, 2.45) is 0 Å². The standard InChI is InChI=1S/C24H28IN3O4/c1-3-31-23-17(12-16(13-19(23)25)24(30)32-4-2)15-26-10-7-11-27-22-14-21(29)18-8-5-6-9-20(18)28-22/h5-6,8-9,12-14,26H,3-4,7,10-11,15H2,1-2H3,(H2,27,28,29). The largest absolute Gasteiger partial charge is 0.492 e. The van der Waals surface area contributed by atoms with Gasteiger partial charge >= 0.3 is 5.97 Å². The summed E-state index contributed by atoms with van der Waals surface area (Å²) >= 11 is 2.19. The smallest absolute Gasteiger partial charge is 0.338 e. The molecule has 0 saturated carbocycles. The van der Waals surface area contributed by atoms with Gasteiger partial charge in [0.05, 0.1) is 27.9 Å². The zero-order valence-corrected chi connectivity index (χ0v) is 20.5. The Hall–Kier alpha value is -2.59. The molecular formula is C24H28IN3O4. The van der Waals surface area contributed by atoms with Crippen molar-refractivity contribution in [2.45, 2.75) is 26.8 Å². The summed E-state index contributed by atoms with van der Waals surface area (Å²) in [6, 6.07) is 12.7. The second-order valence-electron chi connectivity index (χ2n) is 7.15. The molecule has 0 aliphatic carbocycles. The first kappa shape index (κ1) is 24.1. The van der Waals surface area contributed by atoms with Crippen LogP contribution in [-0.2, 0) is 11.3 Å². The summed E-state index contributed by atoms with van der Waals surface area (Å²) in [5.74, 6) is 1.17. The van der Waals surface area contributed by atoms with E-state index >= 15 is 0 Å². The van der Waals surface area contributed by atoms with Gasteiger partial charge in [-0.15, -0.1) is 0 Å². The van der Waals surface area contributed by atoms with Crippen LogP contribution in [0.4, 0.5) is 5.82 Å². The minimum Gasteiger partial charge on any atom is -0.492 e. The van der Waals surface area contributed by atoms with E-state index in [0.717, 1.165) is 33.4 Å². The number of H-pyrrole nitrogens is 1. The van der Waals surface area contributed by atoms with Crippen molar-refractivity contribution < 1.29 is 14.3 Å². The van der Waals surface area contributed by atoms with Crippen molar-refractivity contribution in [3.05, 3.63) is 67.4 Å². The number of hydrogen-bond acceptors (Lipinski definition) is 6. The molecule has 0 aliphatic heterocycles. The third-order valence-electron chi connectivity index (χ3n) is 4.82. The molecule has 3 rings (SSSR count). The molecular weight excluding hydrogens is 521 g/mol. The van der Waals surface area contributed by atoms with Gasteiger partial charge < -0.3 is 25.1 Å². The van der Waals surface area contributed by atoms with Crippen LogP contribution < -0.4 is 20.8 Å². The molecule has 1 heterocycles. The Labute approximate surface area is 201 Å². The van der Waals surface area contributed by atoms with Gasteiger partial charge in [0, 0.05) is 30.1 Å². The van der Waals surface area contributed by atoms with Crippen molar-refractivity contribution >= 4 is 45.3 Å². The summed E-state index contributed by atoms with van der Waals surface area (Å²) in [6.45, 7) is 6.67. The number of nitrogens with one attached hydrogen (secondary N) is 3. The summed E-state index contributed by atoms with van der Waals surface area (Å²) in [5.41, 5.74) is 2.27. The molecule has 0 unspecified atom stereocenters. The lowest BCUT2D eigenvalue weighted by Crippen LogP contribution is -2.19. The molecule has 2 aromatic carbocycles. The fraction of sp³-hybridized carbons (Fsp3) is 0.333. The summed E-state index contributed by atoms with van der Waals surface area (Å²) < 4.78 is 11.8. The number of esters is 1. The Balaban J connectivity index is 1.54. The Morgan fingerprint density at radius 1 is 1.09 bits per heavy atom. The van der Waals surface area contributed by atoms with E-state index in [9.17, 15) is 9.59 Å². The number of carbonyl (C=O) groups is 1. The van der Waals surface area contributed by atoms with Gasteiger partial charge in [-0.1, -0.05) is 12.1 Å². The third kappa shape index (κ3) is 6.23. The number of carbonyl (C=O) groups excluding carboxylic acids is 1. The molecule has 8 heteroatoms. The van der Waals surface area contributed by atoms with Crippen molar-refractivity contribution in [3.63, 3.8) is 0 Å². The lowest BCUT2D eigenvalue weighted by atomic mass is 10.1. The highest BCUT2D eigenvalue weighted by Crippen LogP contribution is 2.28. The van der Waals surface area contributed by atoms with Crippen molar-refractivity contribution in [1.29, 1.82) is 0 Å². The summed E-state index contributed by atoms with van der Waals surface area (Å²) in [4.78, 5) is 27.6. The van der Waals surface area contributed by atoms with E-state index in [4.69, 9.17) is 9.47 Å². The predicted molar refractivity (Wildman–Crippen MR) is 136 cm³/mol. The maximum atomic E-state index is 12.2. The van der Waals surface area contributed by atoms with E-state index in [1.807, 2.05) is 37.3 Å². The number of rotatable bonds is 11. The molecule has 0 spiro atoms. The number of benzene rings is 2. The van der Waals surface area contributed by atoms with Crippen LogP contribution in [-0.4, -0.2) is 37.3 Å².